The third-order valence-electron chi connectivity index (χ3n) is 6.11. The third kappa shape index (κ3) is 6.54. The van der Waals surface area contributed by atoms with Crippen molar-refractivity contribution in [1.82, 2.24) is 30.2 Å². The fraction of sp³-hybridized carbons (Fsp3) is 0.480. The number of carbonyl (C=O) groups excluding carboxylic acids is 2. The zero-order valence-electron chi connectivity index (χ0n) is 21.1. The second-order valence-electron chi connectivity index (χ2n) is 8.85. The zero-order valence-corrected chi connectivity index (χ0v) is 21.1. The number of rotatable bonds is 12. The minimum Gasteiger partial charge on any atom is -0.445 e. The lowest BCUT2D eigenvalue weighted by molar-refractivity contribution is -0.137. The highest BCUT2D eigenvalue weighted by atomic mass is 16.6. The smallest absolute Gasteiger partial charge is 0.407 e. The van der Waals surface area contributed by atoms with Gasteiger partial charge in [0.25, 0.3) is 5.91 Å². The van der Waals surface area contributed by atoms with Gasteiger partial charge in [0.1, 0.15) is 25.1 Å². The number of ether oxygens (including phenoxy) is 2. The molecule has 13 nitrogen and oxygen atoms in total. The van der Waals surface area contributed by atoms with E-state index >= 15 is 0 Å². The van der Waals surface area contributed by atoms with Gasteiger partial charge in [-0.1, -0.05) is 30.3 Å². The van der Waals surface area contributed by atoms with Crippen molar-refractivity contribution in [1.29, 1.82) is 0 Å². The van der Waals surface area contributed by atoms with Crippen LogP contribution in [0.25, 0.3) is 11.2 Å². The molecule has 1 fully saturated rings. The number of unbranched alkanes of at least 4 members (excludes halogenated alkanes) is 2. The van der Waals surface area contributed by atoms with Crippen LogP contribution in [-0.2, 0) is 20.9 Å². The molecule has 0 bridgehead atoms. The van der Waals surface area contributed by atoms with Crippen molar-refractivity contribution in [2.45, 2.75) is 57.3 Å². The van der Waals surface area contributed by atoms with Crippen molar-refractivity contribution in [2.75, 3.05) is 25.0 Å². The van der Waals surface area contributed by atoms with Crippen LogP contribution in [0.5, 0.6) is 0 Å². The Hall–Kier alpha value is -3.81. The van der Waals surface area contributed by atoms with Gasteiger partial charge in [-0.25, -0.2) is 19.7 Å². The van der Waals surface area contributed by atoms with E-state index in [0.717, 1.165) is 24.8 Å². The maximum absolute atomic E-state index is 12.2. The van der Waals surface area contributed by atoms with Gasteiger partial charge in [-0.05, 0) is 31.7 Å². The number of hydrogen-bond acceptors (Lipinski definition) is 10. The molecule has 3 heterocycles. The number of hydrogen-bond donors (Lipinski definition) is 5. The average Bonchev–Trinajstić information content (AvgIpc) is 3.48. The summed E-state index contributed by atoms with van der Waals surface area (Å²) in [7, 11) is 0. The molecule has 4 atom stereocenters. The Bertz CT molecular complexity index is 1210. The van der Waals surface area contributed by atoms with Gasteiger partial charge in [0.2, 0.25) is 0 Å². The number of nitrogens with zero attached hydrogens (tertiary/aromatic N) is 4. The number of amides is 2. The molecule has 0 saturated carbocycles. The van der Waals surface area contributed by atoms with Crippen molar-refractivity contribution < 1.29 is 29.3 Å². The van der Waals surface area contributed by atoms with E-state index in [0.29, 0.717) is 36.6 Å². The molecule has 204 valence electrons. The Balaban J connectivity index is 1.21. The molecular weight excluding hydrogens is 494 g/mol. The first-order valence-electron chi connectivity index (χ1n) is 12.6. The molecule has 38 heavy (non-hydrogen) atoms. The van der Waals surface area contributed by atoms with Gasteiger partial charge < -0.3 is 35.6 Å². The molecule has 0 spiro atoms. The second-order valence-corrected chi connectivity index (χ2v) is 8.85. The van der Waals surface area contributed by atoms with Crippen LogP contribution in [0, 0.1) is 0 Å². The van der Waals surface area contributed by atoms with E-state index in [1.54, 1.807) is 6.92 Å². The summed E-state index contributed by atoms with van der Waals surface area (Å²) in [6.07, 6.45) is -0.0911. The number of imidazole rings is 1. The number of anilines is 1. The lowest BCUT2D eigenvalue weighted by atomic mass is 10.1. The lowest BCUT2D eigenvalue weighted by Crippen LogP contribution is -2.42. The number of carbonyl (C=O) groups is 2. The Morgan fingerprint density at radius 3 is 2.61 bits per heavy atom. The first-order chi connectivity index (χ1) is 18.5. The quantitative estimate of drug-likeness (QED) is 0.215. The van der Waals surface area contributed by atoms with Crippen LogP contribution in [0.1, 0.15) is 38.0 Å². The molecule has 1 aromatic carbocycles. The molecule has 1 aliphatic heterocycles. The topological polar surface area (TPSA) is 173 Å². The van der Waals surface area contributed by atoms with Gasteiger partial charge in [0.15, 0.2) is 29.3 Å². The maximum atomic E-state index is 12.2. The molecule has 0 unspecified atom stereocenters. The van der Waals surface area contributed by atoms with Gasteiger partial charge in [-0.2, -0.15) is 0 Å². The van der Waals surface area contributed by atoms with Crippen molar-refractivity contribution in [2.24, 2.45) is 0 Å². The normalized spacial score (nSPS) is 20.8. The highest BCUT2D eigenvalue weighted by molar-refractivity contribution is 5.83. The fourth-order valence-electron chi connectivity index (χ4n) is 4.15. The molecule has 3 aromatic rings. The van der Waals surface area contributed by atoms with Gasteiger partial charge in [-0.15, -0.1) is 0 Å². The van der Waals surface area contributed by atoms with Gasteiger partial charge in [0, 0.05) is 19.6 Å². The number of aromatic nitrogens is 4. The number of fused-ring (bicyclic) bond motifs is 1. The second kappa shape index (κ2) is 13.1. The summed E-state index contributed by atoms with van der Waals surface area (Å²) in [5.41, 5.74) is 1.81. The SMILES string of the molecule is CCNC(=O)[C@H]1O[C@@H](n2cnc3c(NCCCCCNC(=O)OCc4ccccc4)ncnc32)[C@H](O)[C@@H]1O. The van der Waals surface area contributed by atoms with Crippen LogP contribution in [-0.4, -0.2) is 79.7 Å². The summed E-state index contributed by atoms with van der Waals surface area (Å²) < 4.78 is 12.3. The average molecular weight is 528 g/mol. The summed E-state index contributed by atoms with van der Waals surface area (Å²) in [5.74, 6) is 0.0203. The van der Waals surface area contributed by atoms with E-state index < -0.39 is 36.5 Å². The highest BCUT2D eigenvalue weighted by Gasteiger charge is 2.47. The Labute approximate surface area is 219 Å². The first-order valence-corrected chi connectivity index (χ1v) is 12.6. The predicted octanol–water partition coefficient (Wildman–Crippen LogP) is 1.09. The van der Waals surface area contributed by atoms with Crippen LogP contribution in [0.3, 0.4) is 0 Å². The van der Waals surface area contributed by atoms with Crippen molar-refractivity contribution >= 4 is 29.0 Å². The Kier molecular flexibility index (Phi) is 9.40. The molecule has 2 aromatic heterocycles. The standard InChI is InChI=1S/C25H33N7O6/c1-2-26-23(35)20-18(33)19(34)24(38-20)32-15-31-17-21(29-14-30-22(17)32)27-11-7-4-8-12-28-25(36)37-13-16-9-5-3-6-10-16/h3,5-6,9-10,14-15,18-20,24,33-34H,2,4,7-8,11-13H2,1H3,(H,26,35)(H,28,36)(H,27,29,30)/t18-,19+,20-,24+/m0/s1. The predicted molar refractivity (Wildman–Crippen MR) is 137 cm³/mol. The number of aliphatic hydroxyl groups is 2. The number of benzene rings is 1. The molecule has 0 aliphatic carbocycles. The third-order valence-corrected chi connectivity index (χ3v) is 6.11. The van der Waals surface area contributed by atoms with Crippen LogP contribution in [0.4, 0.5) is 10.6 Å². The van der Waals surface area contributed by atoms with Gasteiger partial charge >= 0.3 is 6.09 Å². The summed E-state index contributed by atoms with van der Waals surface area (Å²) in [5, 5.41) is 29.4. The number of aliphatic hydroxyl groups excluding tert-OH is 2. The largest absolute Gasteiger partial charge is 0.445 e. The number of alkyl carbamates (subject to hydrolysis) is 1. The number of nitrogens with one attached hydrogen (secondary N) is 3. The van der Waals surface area contributed by atoms with E-state index in [1.165, 1.54) is 17.2 Å². The van der Waals surface area contributed by atoms with Crippen molar-refractivity contribution in [3.05, 3.63) is 48.5 Å². The molecule has 0 radical (unpaired) electrons. The summed E-state index contributed by atoms with van der Waals surface area (Å²) >= 11 is 0. The van der Waals surface area contributed by atoms with Gasteiger partial charge in [0.05, 0.1) is 6.33 Å². The molecular formula is C25H33N7O6. The van der Waals surface area contributed by atoms with E-state index in [4.69, 9.17) is 9.47 Å². The van der Waals surface area contributed by atoms with Crippen molar-refractivity contribution in [3.63, 3.8) is 0 Å². The van der Waals surface area contributed by atoms with E-state index in [1.807, 2.05) is 30.3 Å². The van der Waals surface area contributed by atoms with E-state index in [9.17, 15) is 19.8 Å². The van der Waals surface area contributed by atoms with E-state index in [-0.39, 0.29) is 6.61 Å². The summed E-state index contributed by atoms with van der Waals surface area (Å²) in [6, 6.07) is 9.50. The monoisotopic (exact) mass is 527 g/mol. The lowest BCUT2D eigenvalue weighted by Gasteiger charge is -2.16. The Morgan fingerprint density at radius 2 is 1.82 bits per heavy atom. The molecule has 4 rings (SSSR count). The summed E-state index contributed by atoms with van der Waals surface area (Å²) in [4.78, 5) is 36.8. The van der Waals surface area contributed by atoms with Crippen LogP contribution in [0.2, 0.25) is 0 Å². The minimum atomic E-state index is -1.39. The van der Waals surface area contributed by atoms with Crippen LogP contribution >= 0.6 is 0 Å². The minimum absolute atomic E-state index is 0.237. The van der Waals surface area contributed by atoms with E-state index in [2.05, 4.69) is 30.9 Å². The highest BCUT2D eigenvalue weighted by Crippen LogP contribution is 2.32. The van der Waals surface area contributed by atoms with Gasteiger partial charge in [-0.3, -0.25) is 9.36 Å². The van der Waals surface area contributed by atoms with Crippen LogP contribution < -0.4 is 16.0 Å². The first kappa shape index (κ1) is 27.2. The maximum Gasteiger partial charge on any atom is 0.407 e. The van der Waals surface area contributed by atoms with Crippen molar-refractivity contribution in [3.8, 4) is 0 Å². The number of likely N-dealkylation sites (N-methyl/N-ethyl adjacent to an activating group) is 1. The zero-order chi connectivity index (χ0) is 26.9. The summed E-state index contributed by atoms with van der Waals surface area (Å²) in [6.45, 7) is 3.50. The molecule has 13 heteroatoms. The molecule has 1 saturated heterocycles. The fourth-order valence-corrected chi connectivity index (χ4v) is 4.15. The van der Waals surface area contributed by atoms with Crippen LogP contribution in [0.15, 0.2) is 43.0 Å². The molecule has 5 N–H and O–H groups in total. The molecule has 1 aliphatic rings. The Morgan fingerprint density at radius 1 is 1.03 bits per heavy atom. The molecule has 2 amide bonds.